The predicted molar refractivity (Wildman–Crippen MR) is 161 cm³/mol. The Morgan fingerprint density at radius 1 is 1.05 bits per heavy atom. The molecule has 0 radical (unpaired) electrons. The number of halogens is 3. The molecule has 2 atom stereocenters. The van der Waals surface area contributed by atoms with Crippen LogP contribution in [0.25, 0.3) is 0 Å². The Kier molecular flexibility index (Phi) is 12.1. The highest BCUT2D eigenvalue weighted by atomic mass is 32.2. The Bertz CT molecular complexity index is 1510. The summed E-state index contributed by atoms with van der Waals surface area (Å²) in [6, 6.07) is 18.2. The number of carbonyl (C=O) groups is 2. The van der Waals surface area contributed by atoms with Gasteiger partial charge in [0, 0.05) is 37.9 Å². The monoisotopic (exact) mass is 636 g/mol. The van der Waals surface area contributed by atoms with Crippen molar-refractivity contribution in [2.24, 2.45) is 0 Å². The van der Waals surface area contributed by atoms with E-state index >= 15 is 0 Å². The number of benzene rings is 3. The molecule has 1 fully saturated rings. The van der Waals surface area contributed by atoms with Gasteiger partial charge in [0.1, 0.15) is 0 Å². The molecular formula is C30H35F3N4O6S. The van der Waals surface area contributed by atoms with Crippen LogP contribution in [-0.2, 0) is 34.0 Å². The molecule has 1 amide bonds. The van der Waals surface area contributed by atoms with Crippen LogP contribution in [0.4, 0.5) is 24.5 Å². The van der Waals surface area contributed by atoms with Crippen molar-refractivity contribution in [3.63, 3.8) is 0 Å². The Labute approximate surface area is 254 Å². The lowest BCUT2D eigenvalue weighted by atomic mass is 10.00. The quantitative estimate of drug-likeness (QED) is 0.201. The first kappa shape index (κ1) is 34.4. The molecule has 1 aliphatic heterocycles. The lowest BCUT2D eigenvalue weighted by Crippen LogP contribution is -2.48. The molecule has 1 aliphatic rings. The maximum Gasteiger partial charge on any atom is 0.416 e. The van der Waals surface area contributed by atoms with Gasteiger partial charge in [0.15, 0.2) is 0 Å². The number of sulfonamides is 1. The molecule has 4 rings (SSSR count). The highest BCUT2D eigenvalue weighted by molar-refractivity contribution is 7.93. The Morgan fingerprint density at radius 3 is 2.34 bits per heavy atom. The number of aliphatic hydroxyl groups excluding tert-OH is 1. The molecule has 238 valence electrons. The lowest BCUT2D eigenvalue weighted by Gasteiger charge is -2.25. The minimum atomic E-state index is -4.45. The van der Waals surface area contributed by atoms with Crippen molar-refractivity contribution in [2.45, 2.75) is 37.7 Å². The molecule has 14 heteroatoms. The van der Waals surface area contributed by atoms with Crippen molar-refractivity contribution in [3.05, 3.63) is 95.1 Å². The molecule has 0 aliphatic carbocycles. The summed E-state index contributed by atoms with van der Waals surface area (Å²) in [7, 11) is -1.80. The van der Waals surface area contributed by atoms with Crippen LogP contribution in [0.3, 0.4) is 0 Å². The Morgan fingerprint density at radius 2 is 1.73 bits per heavy atom. The molecule has 2 unspecified atom stereocenters. The number of alkyl halides is 3. The van der Waals surface area contributed by atoms with Crippen LogP contribution in [-0.4, -0.2) is 69.0 Å². The normalized spacial score (nSPS) is 15.4. The Hall–Kier alpha value is -4.14. The Balaban J connectivity index is 0.00000169. The fraction of sp³-hybridized carbons (Fsp3) is 0.333. The number of amides is 1. The molecule has 1 saturated heterocycles. The minimum absolute atomic E-state index is 0.00184. The zero-order chi connectivity index (χ0) is 32.3. The van der Waals surface area contributed by atoms with Crippen LogP contribution in [0.1, 0.15) is 33.5 Å². The maximum atomic E-state index is 13.4. The topological polar surface area (TPSA) is 148 Å². The van der Waals surface area contributed by atoms with Crippen LogP contribution in [0, 0.1) is 0 Å². The van der Waals surface area contributed by atoms with Gasteiger partial charge >= 0.3 is 6.18 Å². The number of nitrogens with zero attached hydrogens (tertiary/aromatic N) is 1. The molecule has 44 heavy (non-hydrogen) atoms. The SMILES string of the molecule is CNc1cc(C(=O)NC(Cc2ccccc2)C(O)CNCc2cccc(C(F)(F)F)c2)cc(N2CCCS2(=O)=O)c1.O=CO. The van der Waals surface area contributed by atoms with Gasteiger partial charge in [0.2, 0.25) is 10.0 Å². The molecule has 10 nitrogen and oxygen atoms in total. The smallest absolute Gasteiger partial charge is 0.416 e. The van der Waals surface area contributed by atoms with E-state index in [4.69, 9.17) is 9.90 Å². The molecule has 1 heterocycles. The second kappa shape index (κ2) is 15.5. The van der Waals surface area contributed by atoms with Crippen molar-refractivity contribution < 1.29 is 41.4 Å². The number of rotatable bonds is 11. The summed E-state index contributed by atoms with van der Waals surface area (Å²) in [4.78, 5) is 21.8. The average Bonchev–Trinajstić information content (AvgIpc) is 3.35. The minimum Gasteiger partial charge on any atom is -0.483 e. The van der Waals surface area contributed by atoms with Gasteiger partial charge in [0.25, 0.3) is 12.4 Å². The lowest BCUT2D eigenvalue weighted by molar-refractivity contribution is -0.137. The zero-order valence-corrected chi connectivity index (χ0v) is 24.7. The molecule has 0 bridgehead atoms. The van der Waals surface area contributed by atoms with E-state index in [2.05, 4.69) is 16.0 Å². The number of aliphatic hydroxyl groups is 1. The second-order valence-electron chi connectivity index (χ2n) is 10.0. The fourth-order valence-corrected chi connectivity index (χ4v) is 6.28. The van der Waals surface area contributed by atoms with Gasteiger partial charge in [0.05, 0.1) is 29.1 Å². The highest BCUT2D eigenvalue weighted by Gasteiger charge is 2.31. The van der Waals surface area contributed by atoms with E-state index in [0.717, 1.165) is 17.7 Å². The number of hydrogen-bond donors (Lipinski definition) is 5. The van der Waals surface area contributed by atoms with Crippen molar-refractivity contribution in [1.29, 1.82) is 0 Å². The predicted octanol–water partition coefficient (Wildman–Crippen LogP) is 3.48. The van der Waals surface area contributed by atoms with Gasteiger partial charge in [-0.15, -0.1) is 0 Å². The van der Waals surface area contributed by atoms with Gasteiger partial charge in [-0.1, -0.05) is 48.5 Å². The van der Waals surface area contributed by atoms with Crippen LogP contribution in [0.5, 0.6) is 0 Å². The number of hydrogen-bond acceptors (Lipinski definition) is 7. The van der Waals surface area contributed by atoms with Crippen molar-refractivity contribution >= 4 is 33.8 Å². The van der Waals surface area contributed by atoms with Gasteiger partial charge in [-0.05, 0) is 48.2 Å². The first-order valence-corrected chi connectivity index (χ1v) is 15.3. The van der Waals surface area contributed by atoms with Crippen LogP contribution < -0.4 is 20.3 Å². The number of carbonyl (C=O) groups excluding carboxylic acids is 1. The van der Waals surface area contributed by atoms with E-state index in [9.17, 15) is 31.5 Å². The zero-order valence-electron chi connectivity index (χ0n) is 23.9. The van der Waals surface area contributed by atoms with Gasteiger partial charge < -0.3 is 26.2 Å². The van der Waals surface area contributed by atoms with E-state index in [-0.39, 0.29) is 37.3 Å². The summed E-state index contributed by atoms with van der Waals surface area (Å²) >= 11 is 0. The van der Waals surface area contributed by atoms with Crippen LogP contribution in [0.15, 0.2) is 72.8 Å². The van der Waals surface area contributed by atoms with Crippen LogP contribution in [0.2, 0.25) is 0 Å². The molecule has 0 aromatic heterocycles. The van der Waals surface area contributed by atoms with E-state index in [1.54, 1.807) is 25.2 Å². The number of anilines is 2. The van der Waals surface area contributed by atoms with E-state index in [1.807, 2.05) is 30.3 Å². The van der Waals surface area contributed by atoms with Gasteiger partial charge in [-0.25, -0.2) is 8.42 Å². The summed E-state index contributed by atoms with van der Waals surface area (Å²) in [5.41, 5.74) is 1.67. The summed E-state index contributed by atoms with van der Waals surface area (Å²) in [5, 5.41) is 26.8. The van der Waals surface area contributed by atoms with Crippen molar-refractivity contribution in [3.8, 4) is 0 Å². The van der Waals surface area contributed by atoms with E-state index in [1.165, 1.54) is 16.4 Å². The molecule has 0 saturated carbocycles. The third kappa shape index (κ3) is 9.69. The number of nitrogens with one attached hydrogen (secondary N) is 3. The first-order chi connectivity index (χ1) is 20.9. The number of carboxylic acid groups (broad SMARTS) is 1. The third-order valence-corrected chi connectivity index (χ3v) is 8.74. The van der Waals surface area contributed by atoms with Gasteiger partial charge in [-0.2, -0.15) is 13.2 Å². The van der Waals surface area contributed by atoms with Gasteiger partial charge in [-0.3, -0.25) is 13.9 Å². The third-order valence-electron chi connectivity index (χ3n) is 6.87. The van der Waals surface area contributed by atoms with E-state index < -0.39 is 39.8 Å². The highest BCUT2D eigenvalue weighted by Crippen LogP contribution is 2.30. The molecule has 3 aromatic rings. The fourth-order valence-electron chi connectivity index (χ4n) is 4.73. The van der Waals surface area contributed by atoms with Crippen LogP contribution >= 0.6 is 0 Å². The molecule has 5 N–H and O–H groups in total. The summed E-state index contributed by atoms with van der Waals surface area (Å²) in [5.74, 6) is -0.463. The first-order valence-electron chi connectivity index (χ1n) is 13.7. The summed E-state index contributed by atoms with van der Waals surface area (Å²) in [6.45, 7) is 0.163. The molecule has 0 spiro atoms. The summed E-state index contributed by atoms with van der Waals surface area (Å²) in [6.07, 6.45) is -4.76. The van der Waals surface area contributed by atoms with Crippen molar-refractivity contribution in [1.82, 2.24) is 10.6 Å². The van der Waals surface area contributed by atoms with E-state index in [0.29, 0.717) is 29.9 Å². The average molecular weight is 637 g/mol. The second-order valence-corrected chi connectivity index (χ2v) is 12.0. The summed E-state index contributed by atoms with van der Waals surface area (Å²) < 4.78 is 65.4. The largest absolute Gasteiger partial charge is 0.483 e. The molecular weight excluding hydrogens is 601 g/mol. The maximum absolute atomic E-state index is 13.4. The standard InChI is InChI=1S/C29H33F3N4O4S.CH2O2/c1-33-24-15-22(16-25(17-24)36-11-6-12-41(36,39)40)28(38)35-26(14-20-7-3-2-4-8-20)27(37)19-34-18-21-9-5-10-23(13-21)29(30,31)32;2-1-3/h2-5,7-10,13,15-17,26-27,33-34,37H,6,11-12,14,18-19H2,1H3,(H,35,38);1H,(H,2,3). The molecule has 3 aromatic carbocycles. The van der Waals surface area contributed by atoms with Crippen molar-refractivity contribution in [2.75, 3.05) is 35.5 Å².